The molecule has 4 aromatic heterocycles. The molecule has 5 aromatic rings. The molecule has 1 amide bonds. The molecule has 45 heavy (non-hydrogen) atoms. The molecule has 0 spiro atoms. The van der Waals surface area contributed by atoms with Gasteiger partial charge < -0.3 is 14.4 Å². The number of hydrogen-bond acceptors (Lipinski definition) is 7. The molecule has 1 aliphatic carbocycles. The summed E-state index contributed by atoms with van der Waals surface area (Å²) in [6.45, 7) is 6.77. The van der Waals surface area contributed by atoms with Crippen molar-refractivity contribution in [2.45, 2.75) is 51.4 Å². The summed E-state index contributed by atoms with van der Waals surface area (Å²) in [5.74, 6) is -1.63. The second-order valence-electron chi connectivity index (χ2n) is 11.5. The zero-order valence-electron chi connectivity index (χ0n) is 25.0. The smallest absolute Gasteiger partial charge is 0.246 e. The SMILES string of the molecule is C=CC(=O)N1Cc2cc(-c3nc(-c4cnn(C5CCC5)c4)c4ccsc4c3-c3c(F)cc(F)cc3OCCOC)nn2CC1C. The van der Waals surface area contributed by atoms with Crippen LogP contribution in [0.3, 0.4) is 0 Å². The third-order valence-corrected chi connectivity index (χ3v) is 9.54. The molecule has 0 N–H and O–H groups in total. The maximum absolute atomic E-state index is 16.0. The van der Waals surface area contributed by atoms with Crippen LogP contribution in [-0.4, -0.2) is 61.7 Å². The minimum Gasteiger partial charge on any atom is -0.490 e. The number of rotatable bonds is 9. The number of amides is 1. The molecule has 1 aliphatic heterocycles. The molecule has 1 aromatic carbocycles. The van der Waals surface area contributed by atoms with Crippen LogP contribution in [0, 0.1) is 11.6 Å². The first-order valence-electron chi connectivity index (χ1n) is 14.9. The molecule has 0 saturated heterocycles. The number of ether oxygens (including phenoxy) is 2. The summed E-state index contributed by atoms with van der Waals surface area (Å²) < 4.78 is 46.2. The molecule has 2 aliphatic rings. The zero-order chi connectivity index (χ0) is 31.2. The molecule has 0 radical (unpaired) electrons. The molecule has 1 fully saturated rings. The molecule has 5 heterocycles. The van der Waals surface area contributed by atoms with Gasteiger partial charge in [0.15, 0.2) is 0 Å². The Morgan fingerprint density at radius 2 is 2.02 bits per heavy atom. The Bertz CT molecular complexity index is 1930. The predicted octanol–water partition coefficient (Wildman–Crippen LogP) is 6.64. The normalized spacial score (nSPS) is 16.5. The van der Waals surface area contributed by atoms with Gasteiger partial charge in [0.2, 0.25) is 5.91 Å². The van der Waals surface area contributed by atoms with Gasteiger partial charge >= 0.3 is 0 Å². The lowest BCUT2D eigenvalue weighted by Crippen LogP contribution is -2.44. The molecule has 7 rings (SSSR count). The van der Waals surface area contributed by atoms with E-state index in [0.29, 0.717) is 41.8 Å². The maximum Gasteiger partial charge on any atom is 0.246 e. The van der Waals surface area contributed by atoms with Crippen LogP contribution in [0.5, 0.6) is 5.75 Å². The van der Waals surface area contributed by atoms with Gasteiger partial charge in [0.05, 0.1) is 48.9 Å². The zero-order valence-corrected chi connectivity index (χ0v) is 25.8. The van der Waals surface area contributed by atoms with Gasteiger partial charge in [-0.05, 0) is 49.8 Å². The Morgan fingerprint density at radius 1 is 1.18 bits per heavy atom. The fourth-order valence-electron chi connectivity index (χ4n) is 6.06. The fourth-order valence-corrected chi connectivity index (χ4v) is 7.01. The van der Waals surface area contributed by atoms with Gasteiger partial charge in [-0.25, -0.2) is 13.8 Å². The van der Waals surface area contributed by atoms with E-state index in [2.05, 4.69) is 11.7 Å². The van der Waals surface area contributed by atoms with E-state index in [1.165, 1.54) is 37.0 Å². The van der Waals surface area contributed by atoms with Crippen molar-refractivity contribution in [3.63, 3.8) is 0 Å². The highest BCUT2D eigenvalue weighted by molar-refractivity contribution is 7.18. The quantitative estimate of drug-likeness (QED) is 0.134. The summed E-state index contributed by atoms with van der Waals surface area (Å²) in [5.41, 5.74) is 3.85. The number of hydrogen-bond donors (Lipinski definition) is 0. The van der Waals surface area contributed by atoms with Crippen LogP contribution in [-0.2, 0) is 22.6 Å². The fraction of sp³-hybridized carbons (Fsp3) is 0.333. The van der Waals surface area contributed by atoms with Crippen LogP contribution in [0.2, 0.25) is 0 Å². The van der Waals surface area contributed by atoms with Crippen molar-refractivity contribution in [3.05, 3.63) is 72.0 Å². The van der Waals surface area contributed by atoms with Crippen LogP contribution >= 0.6 is 11.3 Å². The first-order valence-corrected chi connectivity index (χ1v) is 15.8. The van der Waals surface area contributed by atoms with Crippen LogP contribution < -0.4 is 4.74 Å². The third-order valence-electron chi connectivity index (χ3n) is 8.61. The Hall–Kier alpha value is -4.42. The molecule has 1 atom stereocenters. The Kier molecular flexibility index (Phi) is 7.70. The van der Waals surface area contributed by atoms with E-state index in [1.54, 1.807) is 4.90 Å². The van der Waals surface area contributed by atoms with Gasteiger partial charge in [0.25, 0.3) is 0 Å². The highest BCUT2D eigenvalue weighted by Crippen LogP contribution is 2.47. The van der Waals surface area contributed by atoms with Crippen LogP contribution in [0.25, 0.3) is 43.9 Å². The van der Waals surface area contributed by atoms with Crippen molar-refractivity contribution in [1.29, 1.82) is 0 Å². The number of fused-ring (bicyclic) bond motifs is 2. The summed E-state index contributed by atoms with van der Waals surface area (Å²) in [4.78, 5) is 19.5. The maximum atomic E-state index is 16.0. The third kappa shape index (κ3) is 5.21. The molecule has 12 heteroatoms. The largest absolute Gasteiger partial charge is 0.490 e. The van der Waals surface area contributed by atoms with Crippen LogP contribution in [0.1, 0.15) is 37.9 Å². The molecular weight excluding hydrogens is 598 g/mol. The summed E-state index contributed by atoms with van der Waals surface area (Å²) in [5, 5.41) is 12.3. The summed E-state index contributed by atoms with van der Waals surface area (Å²) in [6, 6.07) is 6.16. The number of carbonyl (C=O) groups excluding carboxylic acids is 1. The van der Waals surface area contributed by atoms with Gasteiger partial charge in [-0.2, -0.15) is 10.2 Å². The van der Waals surface area contributed by atoms with Crippen molar-refractivity contribution in [1.82, 2.24) is 29.4 Å². The van der Waals surface area contributed by atoms with Gasteiger partial charge in [0.1, 0.15) is 35.4 Å². The van der Waals surface area contributed by atoms with Gasteiger partial charge in [-0.1, -0.05) is 6.58 Å². The number of halogens is 2. The number of aromatic nitrogens is 5. The Balaban J connectivity index is 1.45. The topological polar surface area (TPSA) is 87.3 Å². The average Bonchev–Trinajstić information content (AvgIpc) is 3.75. The van der Waals surface area contributed by atoms with Crippen molar-refractivity contribution < 1.29 is 23.0 Å². The Labute approximate surface area is 262 Å². The predicted molar refractivity (Wildman–Crippen MR) is 168 cm³/mol. The lowest BCUT2D eigenvalue weighted by Gasteiger charge is -2.33. The number of thiophene rings is 1. The van der Waals surface area contributed by atoms with Crippen molar-refractivity contribution in [2.24, 2.45) is 0 Å². The standard InChI is InChI=1S/C33H32F2N6O3S/c1-4-28(42)39-18-23-14-26(38-41(23)16-19(39)2)32-30(29-25(35)12-21(34)13-27(29)44-10-9-43-3)33-24(8-11-45-33)31(37-32)20-15-36-40(17-20)22-6-5-7-22/h4,8,11-15,17,19,22H,1,5-7,9-10,16,18H2,2-3H3. The summed E-state index contributed by atoms with van der Waals surface area (Å²) >= 11 is 1.44. The monoisotopic (exact) mass is 630 g/mol. The van der Waals surface area contributed by atoms with E-state index in [4.69, 9.17) is 19.6 Å². The Morgan fingerprint density at radius 3 is 2.78 bits per heavy atom. The van der Waals surface area contributed by atoms with E-state index in [0.717, 1.165) is 40.3 Å². The van der Waals surface area contributed by atoms with Crippen molar-refractivity contribution >= 4 is 27.3 Å². The molecule has 1 saturated carbocycles. The molecule has 1 unspecified atom stereocenters. The second kappa shape index (κ2) is 11.8. The minimum absolute atomic E-state index is 0.0493. The number of pyridine rings is 1. The van der Waals surface area contributed by atoms with E-state index < -0.39 is 11.6 Å². The minimum atomic E-state index is -0.772. The highest BCUT2D eigenvalue weighted by Gasteiger charge is 2.31. The van der Waals surface area contributed by atoms with Crippen LogP contribution in [0.4, 0.5) is 8.78 Å². The lowest BCUT2D eigenvalue weighted by atomic mass is 9.93. The van der Waals surface area contributed by atoms with E-state index in [1.807, 2.05) is 46.2 Å². The number of benzene rings is 1. The van der Waals surface area contributed by atoms with E-state index >= 15 is 4.39 Å². The molecular formula is C33H32F2N6O3S. The molecule has 9 nitrogen and oxygen atoms in total. The lowest BCUT2D eigenvalue weighted by molar-refractivity contribution is -0.129. The molecule has 232 valence electrons. The molecule has 0 bridgehead atoms. The first kappa shape index (κ1) is 29.3. The highest BCUT2D eigenvalue weighted by atomic mass is 32.1. The number of nitrogens with zero attached hydrogens (tertiary/aromatic N) is 6. The van der Waals surface area contributed by atoms with Crippen molar-refractivity contribution in [3.8, 4) is 39.5 Å². The average molecular weight is 631 g/mol. The van der Waals surface area contributed by atoms with Gasteiger partial charge in [-0.15, -0.1) is 11.3 Å². The van der Waals surface area contributed by atoms with E-state index in [9.17, 15) is 9.18 Å². The number of methoxy groups -OCH3 is 1. The second-order valence-corrected chi connectivity index (χ2v) is 12.4. The summed E-state index contributed by atoms with van der Waals surface area (Å²) in [7, 11) is 1.53. The van der Waals surface area contributed by atoms with Crippen molar-refractivity contribution in [2.75, 3.05) is 20.3 Å². The van der Waals surface area contributed by atoms with Crippen LogP contribution in [0.15, 0.2) is 54.7 Å². The number of carbonyl (C=O) groups is 1. The summed E-state index contributed by atoms with van der Waals surface area (Å²) in [6.07, 6.45) is 8.51. The van der Waals surface area contributed by atoms with E-state index in [-0.39, 0.29) is 36.5 Å². The van der Waals surface area contributed by atoms with Gasteiger partial charge in [0, 0.05) is 52.7 Å². The first-order chi connectivity index (χ1) is 21.9. The van der Waals surface area contributed by atoms with Gasteiger partial charge in [-0.3, -0.25) is 14.2 Å².